The fraction of sp³-hybridized carbons (Fsp3) is 0.269. The number of hydrogen-bond acceptors (Lipinski definition) is 6. The Morgan fingerprint density at radius 3 is 2.76 bits per heavy atom. The molecule has 0 bridgehead atoms. The summed E-state index contributed by atoms with van der Waals surface area (Å²) < 4.78 is 18.2. The summed E-state index contributed by atoms with van der Waals surface area (Å²) in [6.07, 6.45) is 0.567. The van der Waals surface area contributed by atoms with Crippen LogP contribution in [0.2, 0.25) is 0 Å². The summed E-state index contributed by atoms with van der Waals surface area (Å²) in [7, 11) is 1.63. The van der Waals surface area contributed by atoms with Crippen LogP contribution < -0.4 is 4.74 Å². The van der Waals surface area contributed by atoms with Gasteiger partial charge in [-0.3, -0.25) is 9.48 Å². The molecule has 0 unspecified atom stereocenters. The Bertz CT molecular complexity index is 1340. The monoisotopic (exact) mass is 459 g/mol. The maximum atomic E-state index is 13.2. The average Bonchev–Trinajstić information content (AvgIpc) is 3.45. The number of benzene rings is 2. The molecule has 1 aliphatic heterocycles. The summed E-state index contributed by atoms with van der Waals surface area (Å²) >= 11 is 0. The lowest BCUT2D eigenvalue weighted by molar-refractivity contribution is 0.0512. The fourth-order valence-corrected chi connectivity index (χ4v) is 4.35. The van der Waals surface area contributed by atoms with Gasteiger partial charge in [0.25, 0.3) is 5.91 Å². The Labute approximate surface area is 196 Å². The molecule has 1 aliphatic rings. The van der Waals surface area contributed by atoms with Crippen molar-refractivity contribution in [2.75, 3.05) is 20.3 Å². The van der Waals surface area contributed by atoms with E-state index in [1.807, 2.05) is 53.2 Å². The van der Waals surface area contributed by atoms with Gasteiger partial charge in [0.2, 0.25) is 0 Å². The number of para-hydroxylation sites is 1. The van der Waals surface area contributed by atoms with Crippen molar-refractivity contribution in [1.29, 1.82) is 0 Å². The highest BCUT2D eigenvalue weighted by molar-refractivity contribution is 5.96. The lowest BCUT2D eigenvalue weighted by Gasteiger charge is -2.27. The summed E-state index contributed by atoms with van der Waals surface area (Å²) in [5.41, 5.74) is 3.57. The highest BCUT2D eigenvalue weighted by Crippen LogP contribution is 2.27. The van der Waals surface area contributed by atoms with Crippen molar-refractivity contribution < 1.29 is 23.5 Å². The van der Waals surface area contributed by atoms with Gasteiger partial charge in [0.1, 0.15) is 11.3 Å². The molecule has 3 heterocycles. The number of ether oxygens (including phenoxy) is 2. The summed E-state index contributed by atoms with van der Waals surface area (Å²) in [6.45, 7) is 3.25. The second kappa shape index (κ2) is 9.05. The Hall–Kier alpha value is -4.07. The Kier molecular flexibility index (Phi) is 5.79. The van der Waals surface area contributed by atoms with E-state index < -0.39 is 5.97 Å². The Morgan fingerprint density at radius 1 is 1.12 bits per heavy atom. The van der Waals surface area contributed by atoms with Gasteiger partial charge in [0, 0.05) is 29.6 Å². The fourth-order valence-electron chi connectivity index (χ4n) is 4.35. The highest BCUT2D eigenvalue weighted by Gasteiger charge is 2.32. The number of nitrogens with zero attached hydrogens (tertiary/aromatic N) is 3. The molecule has 34 heavy (non-hydrogen) atoms. The lowest BCUT2D eigenvalue weighted by Crippen LogP contribution is -2.36. The third-order valence-electron chi connectivity index (χ3n) is 5.99. The van der Waals surface area contributed by atoms with Gasteiger partial charge in [-0.1, -0.05) is 30.3 Å². The van der Waals surface area contributed by atoms with Gasteiger partial charge >= 0.3 is 5.97 Å². The van der Waals surface area contributed by atoms with Crippen molar-refractivity contribution in [3.63, 3.8) is 0 Å². The van der Waals surface area contributed by atoms with Gasteiger partial charge in [-0.05, 0) is 36.8 Å². The van der Waals surface area contributed by atoms with Gasteiger partial charge in [-0.15, -0.1) is 0 Å². The van der Waals surface area contributed by atoms with E-state index in [1.165, 1.54) is 0 Å². The minimum absolute atomic E-state index is 0.211. The third kappa shape index (κ3) is 4.03. The number of amides is 1. The minimum atomic E-state index is -0.485. The van der Waals surface area contributed by atoms with Crippen LogP contribution in [0.25, 0.3) is 11.0 Å². The zero-order chi connectivity index (χ0) is 23.7. The van der Waals surface area contributed by atoms with Crippen molar-refractivity contribution in [2.45, 2.75) is 26.4 Å². The summed E-state index contributed by atoms with van der Waals surface area (Å²) in [6, 6.07) is 17.0. The maximum Gasteiger partial charge on any atom is 0.359 e. The number of fused-ring (bicyclic) bond motifs is 2. The second-order valence-corrected chi connectivity index (χ2v) is 8.13. The molecule has 0 atom stereocenters. The number of aromatic nitrogens is 2. The largest absolute Gasteiger partial charge is 0.497 e. The predicted octanol–water partition coefficient (Wildman–Crippen LogP) is 4.06. The van der Waals surface area contributed by atoms with Gasteiger partial charge < -0.3 is 18.8 Å². The van der Waals surface area contributed by atoms with E-state index in [1.54, 1.807) is 25.0 Å². The van der Waals surface area contributed by atoms with E-state index in [0.717, 1.165) is 28.0 Å². The molecule has 1 amide bonds. The molecule has 0 saturated heterocycles. The molecule has 174 valence electrons. The average molecular weight is 460 g/mol. The summed E-state index contributed by atoms with van der Waals surface area (Å²) in [5.74, 6) is 0.344. The van der Waals surface area contributed by atoms with E-state index in [9.17, 15) is 9.59 Å². The first-order valence-corrected chi connectivity index (χ1v) is 11.2. The van der Waals surface area contributed by atoms with Crippen LogP contribution in [-0.2, 0) is 24.2 Å². The van der Waals surface area contributed by atoms with E-state index in [-0.39, 0.29) is 30.5 Å². The molecule has 2 aromatic carbocycles. The molecule has 0 saturated carbocycles. The first-order valence-electron chi connectivity index (χ1n) is 11.2. The van der Waals surface area contributed by atoms with Crippen LogP contribution in [0.1, 0.15) is 44.8 Å². The molecule has 5 rings (SSSR count). The van der Waals surface area contributed by atoms with Crippen LogP contribution in [0.4, 0.5) is 0 Å². The molecular weight excluding hydrogens is 434 g/mol. The number of hydrogen-bond donors (Lipinski definition) is 0. The van der Waals surface area contributed by atoms with Gasteiger partial charge in [-0.2, -0.15) is 5.10 Å². The van der Waals surface area contributed by atoms with Crippen LogP contribution in [0.3, 0.4) is 0 Å². The van der Waals surface area contributed by atoms with Crippen LogP contribution in [-0.4, -0.2) is 46.8 Å². The number of esters is 1. The van der Waals surface area contributed by atoms with Crippen molar-refractivity contribution >= 4 is 22.8 Å². The van der Waals surface area contributed by atoms with Crippen LogP contribution in [0, 0.1) is 0 Å². The van der Waals surface area contributed by atoms with Crippen molar-refractivity contribution in [3.8, 4) is 5.75 Å². The Balaban J connectivity index is 1.46. The van der Waals surface area contributed by atoms with E-state index in [0.29, 0.717) is 25.1 Å². The molecule has 0 spiro atoms. The molecule has 0 radical (unpaired) electrons. The van der Waals surface area contributed by atoms with Crippen LogP contribution in [0.5, 0.6) is 5.75 Å². The third-order valence-corrected chi connectivity index (χ3v) is 5.99. The number of carbonyl (C=O) groups is 2. The molecule has 2 aromatic heterocycles. The normalized spacial score (nSPS) is 13.1. The van der Waals surface area contributed by atoms with Gasteiger partial charge in [0.05, 0.1) is 26.8 Å². The van der Waals surface area contributed by atoms with E-state index in [2.05, 4.69) is 5.10 Å². The molecule has 8 nitrogen and oxygen atoms in total. The zero-order valence-corrected chi connectivity index (χ0v) is 19.1. The number of carbonyl (C=O) groups excluding carboxylic acids is 2. The predicted molar refractivity (Wildman–Crippen MR) is 125 cm³/mol. The zero-order valence-electron chi connectivity index (χ0n) is 19.1. The quantitative estimate of drug-likeness (QED) is 0.404. The molecular formula is C26H25N3O5. The topological polar surface area (TPSA) is 86.8 Å². The SMILES string of the molecule is CCOC(=O)c1nn(Cc2cccc(OC)c2)c2c1CN(C(=O)c1cc3ccccc3o1)CC2. The molecule has 4 aromatic rings. The molecule has 8 heteroatoms. The van der Waals surface area contributed by atoms with E-state index in [4.69, 9.17) is 13.9 Å². The first kappa shape index (κ1) is 21.8. The minimum Gasteiger partial charge on any atom is -0.497 e. The Morgan fingerprint density at radius 2 is 1.97 bits per heavy atom. The second-order valence-electron chi connectivity index (χ2n) is 8.13. The van der Waals surface area contributed by atoms with Crippen molar-refractivity contribution in [1.82, 2.24) is 14.7 Å². The summed E-state index contributed by atoms with van der Waals surface area (Å²) in [4.78, 5) is 27.6. The number of methoxy groups -OCH3 is 1. The van der Waals surface area contributed by atoms with E-state index >= 15 is 0 Å². The smallest absolute Gasteiger partial charge is 0.359 e. The van der Waals surface area contributed by atoms with Crippen LogP contribution >= 0.6 is 0 Å². The number of furan rings is 1. The van der Waals surface area contributed by atoms with Gasteiger partial charge in [-0.25, -0.2) is 4.79 Å². The van der Waals surface area contributed by atoms with Gasteiger partial charge in [0.15, 0.2) is 11.5 Å². The van der Waals surface area contributed by atoms with Crippen LogP contribution in [0.15, 0.2) is 59.0 Å². The number of rotatable bonds is 6. The highest BCUT2D eigenvalue weighted by atomic mass is 16.5. The standard InChI is InChI=1S/C26H25N3O5/c1-3-33-26(31)24-20-16-28(25(30)23-14-18-8-4-5-10-22(18)34-23)12-11-21(20)29(27-24)15-17-7-6-9-19(13-17)32-2/h4-10,13-14H,3,11-12,15-16H2,1-2H3. The summed E-state index contributed by atoms with van der Waals surface area (Å²) in [5, 5.41) is 5.48. The maximum absolute atomic E-state index is 13.2. The molecule has 0 fully saturated rings. The lowest BCUT2D eigenvalue weighted by atomic mass is 10.0. The van der Waals surface area contributed by atoms with Crippen molar-refractivity contribution in [3.05, 3.63) is 82.9 Å². The molecule has 0 aliphatic carbocycles. The first-order chi connectivity index (χ1) is 16.6. The van der Waals surface area contributed by atoms with Crippen molar-refractivity contribution in [2.24, 2.45) is 0 Å². The molecule has 0 N–H and O–H groups in total.